The van der Waals surface area contributed by atoms with E-state index < -0.39 is 11.6 Å². The van der Waals surface area contributed by atoms with Gasteiger partial charge in [0, 0.05) is 6.04 Å². The summed E-state index contributed by atoms with van der Waals surface area (Å²) >= 11 is 0. The summed E-state index contributed by atoms with van der Waals surface area (Å²) in [6, 6.07) is 0.0660. The van der Waals surface area contributed by atoms with Gasteiger partial charge in [-0.15, -0.1) is 0 Å². The lowest BCUT2D eigenvalue weighted by Gasteiger charge is -2.47. The maximum atomic E-state index is 12.0. The highest BCUT2D eigenvalue weighted by molar-refractivity contribution is 5.76. The molecule has 0 aromatic rings. The van der Waals surface area contributed by atoms with Crippen LogP contribution in [0.5, 0.6) is 0 Å². The first kappa shape index (κ1) is 15.8. The number of carbonyl (C=O) groups is 2. The predicted octanol–water partition coefficient (Wildman–Crippen LogP) is 1.31. The zero-order valence-electron chi connectivity index (χ0n) is 12.1. The van der Waals surface area contributed by atoms with Crippen LogP contribution in [0.4, 0.5) is 4.79 Å². The van der Waals surface area contributed by atoms with Crippen molar-refractivity contribution >= 4 is 12.0 Å². The predicted molar refractivity (Wildman–Crippen MR) is 71.0 cm³/mol. The van der Waals surface area contributed by atoms with E-state index in [1.807, 2.05) is 13.8 Å². The van der Waals surface area contributed by atoms with Gasteiger partial charge in [-0.25, -0.2) is 9.59 Å². The topological polar surface area (TPSA) is 78.9 Å². The molecule has 1 atom stereocenters. The Morgan fingerprint density at radius 1 is 1.42 bits per heavy atom. The lowest BCUT2D eigenvalue weighted by molar-refractivity contribution is -0.159. The largest absolute Gasteiger partial charge is 0.480 e. The van der Waals surface area contributed by atoms with Crippen molar-refractivity contribution in [1.82, 2.24) is 10.2 Å². The Hall–Kier alpha value is -1.30. The van der Waals surface area contributed by atoms with Crippen LogP contribution in [0.25, 0.3) is 0 Å². The fraction of sp³-hybridized carbons (Fsp3) is 0.846. The summed E-state index contributed by atoms with van der Waals surface area (Å²) < 4.78 is 5.26. The molecule has 2 amide bonds. The minimum absolute atomic E-state index is 0.100. The summed E-state index contributed by atoms with van der Waals surface area (Å²) in [5, 5.41) is 11.6. The van der Waals surface area contributed by atoms with E-state index >= 15 is 0 Å². The van der Waals surface area contributed by atoms with Crippen molar-refractivity contribution in [1.29, 1.82) is 0 Å². The Kier molecular flexibility index (Phi) is 5.17. The molecule has 0 saturated carbocycles. The first-order valence-electron chi connectivity index (χ1n) is 6.68. The van der Waals surface area contributed by atoms with Crippen LogP contribution >= 0.6 is 0 Å². The van der Waals surface area contributed by atoms with Crippen molar-refractivity contribution in [3.8, 4) is 0 Å². The van der Waals surface area contributed by atoms with Crippen LogP contribution in [0.2, 0.25) is 0 Å². The Morgan fingerprint density at radius 3 is 2.42 bits per heavy atom. The summed E-state index contributed by atoms with van der Waals surface area (Å²) in [7, 11) is 0. The molecule has 6 heteroatoms. The number of hydrogen-bond acceptors (Lipinski definition) is 3. The fourth-order valence-electron chi connectivity index (χ4n) is 2.22. The van der Waals surface area contributed by atoms with Crippen molar-refractivity contribution in [2.45, 2.75) is 45.8 Å². The minimum Gasteiger partial charge on any atom is -0.480 e. The van der Waals surface area contributed by atoms with Crippen LogP contribution in [-0.2, 0) is 9.53 Å². The molecular weight excluding hydrogens is 248 g/mol. The van der Waals surface area contributed by atoms with E-state index in [2.05, 4.69) is 19.2 Å². The quantitative estimate of drug-likeness (QED) is 0.764. The summed E-state index contributed by atoms with van der Waals surface area (Å²) in [4.78, 5) is 24.1. The van der Waals surface area contributed by atoms with Crippen LogP contribution in [0.15, 0.2) is 0 Å². The summed E-state index contributed by atoms with van der Waals surface area (Å²) in [6.45, 7) is 8.55. The standard InChI is InChI=1S/C13H24N2O4/c1-5-10(9(2)3)14-12(18)15-7-13(4,8-15)19-6-11(16)17/h9-10H,5-8H2,1-4H3,(H,14,18)(H,16,17). The molecular formula is C13H24N2O4. The summed E-state index contributed by atoms with van der Waals surface area (Å²) in [5.74, 6) is -0.597. The number of aliphatic carboxylic acids is 1. The number of urea groups is 1. The Balaban J connectivity index is 2.37. The average Bonchev–Trinajstić information content (AvgIpc) is 2.29. The van der Waals surface area contributed by atoms with Gasteiger partial charge >= 0.3 is 12.0 Å². The van der Waals surface area contributed by atoms with Gasteiger partial charge in [0.05, 0.1) is 13.1 Å². The van der Waals surface area contributed by atoms with Crippen LogP contribution in [0.3, 0.4) is 0 Å². The third-order valence-corrected chi connectivity index (χ3v) is 3.44. The van der Waals surface area contributed by atoms with E-state index in [1.54, 1.807) is 4.90 Å². The van der Waals surface area contributed by atoms with Crippen LogP contribution in [0.1, 0.15) is 34.1 Å². The number of nitrogens with zero attached hydrogens (tertiary/aromatic N) is 1. The zero-order chi connectivity index (χ0) is 14.6. The Morgan fingerprint density at radius 2 is 2.00 bits per heavy atom. The normalized spacial score (nSPS) is 18.9. The maximum Gasteiger partial charge on any atom is 0.329 e. The molecule has 0 aromatic heterocycles. The second-order valence-electron chi connectivity index (χ2n) is 5.70. The Bertz CT molecular complexity index is 338. The maximum absolute atomic E-state index is 12.0. The number of likely N-dealkylation sites (tertiary alicyclic amines) is 1. The van der Waals surface area contributed by atoms with Gasteiger partial charge in [-0.05, 0) is 19.3 Å². The van der Waals surface area contributed by atoms with E-state index in [9.17, 15) is 9.59 Å². The minimum atomic E-state index is -0.991. The molecule has 1 heterocycles. The molecule has 1 aliphatic heterocycles. The highest BCUT2D eigenvalue weighted by Crippen LogP contribution is 2.24. The molecule has 1 rings (SSSR count). The van der Waals surface area contributed by atoms with E-state index in [0.29, 0.717) is 19.0 Å². The molecule has 1 unspecified atom stereocenters. The van der Waals surface area contributed by atoms with E-state index in [-0.39, 0.29) is 18.7 Å². The van der Waals surface area contributed by atoms with Crippen LogP contribution in [0, 0.1) is 5.92 Å². The SMILES string of the molecule is CCC(NC(=O)N1CC(C)(OCC(=O)O)C1)C(C)C. The molecule has 2 N–H and O–H groups in total. The zero-order valence-corrected chi connectivity index (χ0v) is 12.1. The summed E-state index contributed by atoms with van der Waals surface area (Å²) in [5.41, 5.74) is -0.532. The molecule has 0 aromatic carbocycles. The molecule has 1 saturated heterocycles. The van der Waals surface area contributed by atoms with Crippen molar-refractivity contribution in [3.63, 3.8) is 0 Å². The van der Waals surface area contributed by atoms with Gasteiger partial charge in [-0.3, -0.25) is 0 Å². The number of nitrogens with one attached hydrogen (secondary N) is 1. The van der Waals surface area contributed by atoms with Crippen molar-refractivity contribution in [2.75, 3.05) is 19.7 Å². The Labute approximate surface area is 114 Å². The third kappa shape index (κ3) is 4.38. The van der Waals surface area contributed by atoms with Crippen LogP contribution < -0.4 is 5.32 Å². The third-order valence-electron chi connectivity index (χ3n) is 3.44. The number of carboxylic acids is 1. The number of carbonyl (C=O) groups excluding carboxylic acids is 1. The molecule has 110 valence electrons. The molecule has 1 aliphatic rings. The van der Waals surface area contributed by atoms with Gasteiger partial charge in [-0.1, -0.05) is 20.8 Å². The monoisotopic (exact) mass is 272 g/mol. The highest BCUT2D eigenvalue weighted by atomic mass is 16.5. The highest BCUT2D eigenvalue weighted by Gasteiger charge is 2.43. The first-order chi connectivity index (χ1) is 8.77. The lowest BCUT2D eigenvalue weighted by atomic mass is 9.96. The van der Waals surface area contributed by atoms with Gasteiger partial charge in [0.25, 0.3) is 0 Å². The van der Waals surface area contributed by atoms with Gasteiger partial charge < -0.3 is 20.1 Å². The second-order valence-corrected chi connectivity index (χ2v) is 5.70. The average molecular weight is 272 g/mol. The second kappa shape index (κ2) is 6.23. The van der Waals surface area contributed by atoms with Crippen molar-refractivity contribution in [2.24, 2.45) is 5.92 Å². The molecule has 6 nitrogen and oxygen atoms in total. The van der Waals surface area contributed by atoms with E-state index in [0.717, 1.165) is 6.42 Å². The molecule has 0 aliphatic carbocycles. The van der Waals surface area contributed by atoms with Crippen LogP contribution in [-0.4, -0.2) is 53.3 Å². The van der Waals surface area contributed by atoms with Crippen molar-refractivity contribution in [3.05, 3.63) is 0 Å². The molecule has 0 bridgehead atoms. The van der Waals surface area contributed by atoms with Crippen molar-refractivity contribution < 1.29 is 19.4 Å². The van der Waals surface area contributed by atoms with E-state index in [4.69, 9.17) is 9.84 Å². The number of ether oxygens (including phenoxy) is 1. The number of carboxylic acid groups (broad SMARTS) is 1. The van der Waals surface area contributed by atoms with Gasteiger partial charge in [0.2, 0.25) is 0 Å². The smallest absolute Gasteiger partial charge is 0.329 e. The first-order valence-corrected chi connectivity index (χ1v) is 6.68. The summed E-state index contributed by atoms with van der Waals surface area (Å²) in [6.07, 6.45) is 0.893. The molecule has 0 radical (unpaired) electrons. The van der Waals surface area contributed by atoms with Gasteiger partial charge in [0.15, 0.2) is 0 Å². The number of rotatable bonds is 6. The van der Waals surface area contributed by atoms with Gasteiger partial charge in [-0.2, -0.15) is 0 Å². The number of amides is 2. The van der Waals surface area contributed by atoms with Gasteiger partial charge in [0.1, 0.15) is 12.2 Å². The van der Waals surface area contributed by atoms with E-state index in [1.165, 1.54) is 0 Å². The molecule has 19 heavy (non-hydrogen) atoms. The molecule has 1 fully saturated rings. The molecule has 0 spiro atoms. The fourth-order valence-corrected chi connectivity index (χ4v) is 2.22. The number of hydrogen-bond donors (Lipinski definition) is 2. The lowest BCUT2D eigenvalue weighted by Crippen LogP contribution is -2.66.